The maximum atomic E-state index is 6.72. The van der Waals surface area contributed by atoms with Crippen LogP contribution in [-0.4, -0.2) is 5.60 Å². The van der Waals surface area contributed by atoms with E-state index in [4.69, 9.17) is 4.74 Å². The Hall–Kier alpha value is -1.76. The lowest BCUT2D eigenvalue weighted by Gasteiger charge is -2.55. The molecule has 63 heavy (non-hydrogen) atoms. The molecule has 0 radical (unpaired) electrons. The van der Waals surface area contributed by atoms with E-state index in [1.165, 1.54) is 149 Å². The zero-order valence-electron chi connectivity index (χ0n) is 45.4. The summed E-state index contributed by atoms with van der Waals surface area (Å²) >= 11 is 0. The van der Waals surface area contributed by atoms with Crippen LogP contribution in [0.15, 0.2) is 35.5 Å². The van der Waals surface area contributed by atoms with Gasteiger partial charge in [0.25, 0.3) is 0 Å². The van der Waals surface area contributed by atoms with E-state index in [0.717, 1.165) is 53.8 Å². The molecule has 0 bridgehead atoms. The lowest BCUT2D eigenvalue weighted by atomic mass is 9.49. The fraction of sp³-hybridized carbons (Fsp3) is 0.806. The minimum absolute atomic E-state index is 0.0105. The van der Waals surface area contributed by atoms with Crippen LogP contribution in [-0.2, 0) is 6.42 Å². The molecule has 1 heteroatoms. The maximum Gasteiger partial charge on any atom is 0.126 e. The van der Waals surface area contributed by atoms with Crippen LogP contribution in [0.25, 0.3) is 0 Å². The molecule has 6 rings (SSSR count). The van der Waals surface area contributed by atoms with Gasteiger partial charge in [-0.15, -0.1) is 0 Å². The number of allylic oxidation sites excluding steroid dienone is 6. The molecule has 0 amide bonds. The van der Waals surface area contributed by atoms with Crippen molar-refractivity contribution in [1.29, 1.82) is 0 Å². The average molecular weight is 868 g/mol. The summed E-state index contributed by atoms with van der Waals surface area (Å²) in [6.45, 7) is 42.5. The summed E-state index contributed by atoms with van der Waals surface area (Å²) in [5.41, 5.74) is 11.8. The van der Waals surface area contributed by atoms with E-state index < -0.39 is 0 Å². The van der Waals surface area contributed by atoms with Crippen molar-refractivity contribution < 1.29 is 4.74 Å². The van der Waals surface area contributed by atoms with E-state index >= 15 is 0 Å². The smallest absolute Gasteiger partial charge is 0.126 e. The molecule has 3 fully saturated rings. The molecule has 1 nitrogen and oxygen atoms in total. The number of ether oxygens (including phenoxy) is 1. The second kappa shape index (κ2) is 23.8. The first-order valence-corrected chi connectivity index (χ1v) is 27.5. The second-order valence-electron chi connectivity index (χ2n) is 24.7. The molecule has 0 spiro atoms. The summed E-state index contributed by atoms with van der Waals surface area (Å²) in [7, 11) is 0. The SMILES string of the molecule is CC1CCC2(C)C(=CC=C3C2CCC2(C)C3CCC2C(C)/C=C/C(C)C(C)C)C1.CCC.Cc1c(C)c(C)c2c(c1C)CCC(C)(CCCC(C)CCCC(C)CCCC(C)C)O2. The van der Waals surface area contributed by atoms with Gasteiger partial charge < -0.3 is 4.74 Å². The molecule has 3 saturated carbocycles. The monoisotopic (exact) mass is 867 g/mol. The molecular formula is C62H106O. The summed E-state index contributed by atoms with van der Waals surface area (Å²) in [4.78, 5) is 0. The van der Waals surface area contributed by atoms with Crippen molar-refractivity contribution in [3.8, 4) is 5.75 Å². The van der Waals surface area contributed by atoms with E-state index in [0.29, 0.717) is 22.7 Å². The summed E-state index contributed by atoms with van der Waals surface area (Å²) in [6.07, 6.45) is 36.0. The van der Waals surface area contributed by atoms with Gasteiger partial charge in [-0.05, 0) is 203 Å². The quantitative estimate of drug-likeness (QED) is 0.150. The number of fused-ring (bicyclic) bond motifs is 6. The Morgan fingerprint density at radius 2 is 1.27 bits per heavy atom. The van der Waals surface area contributed by atoms with Crippen molar-refractivity contribution in [3.05, 3.63) is 63.3 Å². The Kier molecular flexibility index (Phi) is 20.3. The predicted molar refractivity (Wildman–Crippen MR) is 280 cm³/mol. The van der Waals surface area contributed by atoms with Crippen LogP contribution < -0.4 is 4.74 Å². The average Bonchev–Trinajstić information content (AvgIpc) is 3.59. The van der Waals surface area contributed by atoms with Crippen molar-refractivity contribution in [2.24, 2.45) is 70.0 Å². The van der Waals surface area contributed by atoms with Gasteiger partial charge in [0.1, 0.15) is 11.4 Å². The van der Waals surface area contributed by atoms with Crippen LogP contribution >= 0.6 is 0 Å². The summed E-state index contributed by atoms with van der Waals surface area (Å²) in [6, 6.07) is 0. The molecule has 11 atom stereocenters. The van der Waals surface area contributed by atoms with Gasteiger partial charge in [-0.2, -0.15) is 0 Å². The lowest BCUT2D eigenvalue weighted by Crippen LogP contribution is -2.45. The molecule has 5 aliphatic rings. The second-order valence-corrected chi connectivity index (χ2v) is 24.7. The highest BCUT2D eigenvalue weighted by Gasteiger charge is 2.56. The van der Waals surface area contributed by atoms with Crippen molar-refractivity contribution in [2.45, 2.75) is 252 Å². The standard InChI is InChI=1S/C30H52O.C29H46.C3H8/c1-21(2)13-10-14-22(3)15-11-16-23(4)17-12-19-30(9)20-18-28-26(7)24(5)25(6)27(8)29(28)31-30;1-19(2)21(4)8-9-22(5)25-12-13-26-24-11-10-23-18-20(3)14-16-28(23,6)27(24)15-17-29(25,26)7;1-3-2/h21-23H,10-20H2,1-9H3;8-11,19-22,25-27H,12-18H2,1-7H3;3H2,1-2H3/b;9-8+;. The zero-order valence-corrected chi connectivity index (χ0v) is 45.4. The van der Waals surface area contributed by atoms with E-state index in [2.05, 4.69) is 149 Å². The Bertz CT molecular complexity index is 1670. The Morgan fingerprint density at radius 3 is 1.89 bits per heavy atom. The van der Waals surface area contributed by atoms with E-state index in [9.17, 15) is 0 Å². The number of hydrogen-bond acceptors (Lipinski definition) is 1. The van der Waals surface area contributed by atoms with Crippen molar-refractivity contribution in [1.82, 2.24) is 0 Å². The highest BCUT2D eigenvalue weighted by atomic mass is 16.5. The molecular weight excluding hydrogens is 761 g/mol. The Morgan fingerprint density at radius 1 is 0.667 bits per heavy atom. The molecule has 1 heterocycles. The van der Waals surface area contributed by atoms with Crippen molar-refractivity contribution in [3.63, 3.8) is 0 Å². The van der Waals surface area contributed by atoms with Crippen molar-refractivity contribution >= 4 is 0 Å². The van der Waals surface area contributed by atoms with Crippen LogP contribution in [0.5, 0.6) is 5.75 Å². The molecule has 0 aromatic heterocycles. The summed E-state index contributed by atoms with van der Waals surface area (Å²) < 4.78 is 6.72. The highest BCUT2D eigenvalue weighted by molar-refractivity contribution is 5.55. The number of rotatable bonds is 16. The Balaban J connectivity index is 0.000000261. The predicted octanol–water partition coefficient (Wildman–Crippen LogP) is 19.5. The van der Waals surface area contributed by atoms with Gasteiger partial charge in [0, 0.05) is 0 Å². The van der Waals surface area contributed by atoms with Gasteiger partial charge in [-0.3, -0.25) is 0 Å². The lowest BCUT2D eigenvalue weighted by molar-refractivity contribution is 0.0513. The molecule has 1 aromatic carbocycles. The van der Waals surface area contributed by atoms with Crippen LogP contribution in [0.4, 0.5) is 0 Å². The fourth-order valence-electron chi connectivity index (χ4n) is 13.3. The number of hydrogen-bond donors (Lipinski definition) is 0. The van der Waals surface area contributed by atoms with Crippen molar-refractivity contribution in [2.75, 3.05) is 0 Å². The van der Waals surface area contributed by atoms with E-state index in [1.54, 1.807) is 5.57 Å². The van der Waals surface area contributed by atoms with Crippen LogP contribution in [0.2, 0.25) is 0 Å². The highest BCUT2D eigenvalue weighted by Crippen LogP contribution is 2.66. The largest absolute Gasteiger partial charge is 0.487 e. The fourth-order valence-corrected chi connectivity index (χ4v) is 13.3. The summed E-state index contributed by atoms with van der Waals surface area (Å²) in [5.74, 6) is 9.36. The minimum Gasteiger partial charge on any atom is -0.487 e. The maximum absolute atomic E-state index is 6.72. The van der Waals surface area contributed by atoms with E-state index in [1.807, 2.05) is 5.57 Å². The zero-order chi connectivity index (χ0) is 46.9. The third kappa shape index (κ3) is 13.5. The van der Waals surface area contributed by atoms with Gasteiger partial charge >= 0.3 is 0 Å². The summed E-state index contributed by atoms with van der Waals surface area (Å²) in [5, 5.41) is 0. The van der Waals surface area contributed by atoms with Gasteiger partial charge in [0.2, 0.25) is 0 Å². The van der Waals surface area contributed by atoms with Gasteiger partial charge in [0.15, 0.2) is 0 Å². The normalized spacial score (nSPS) is 30.6. The van der Waals surface area contributed by atoms with Crippen LogP contribution in [0.1, 0.15) is 240 Å². The third-order valence-corrected chi connectivity index (χ3v) is 18.6. The van der Waals surface area contributed by atoms with Gasteiger partial charge in [-0.25, -0.2) is 0 Å². The number of benzene rings is 1. The van der Waals surface area contributed by atoms with Gasteiger partial charge in [-0.1, -0.05) is 177 Å². The molecule has 360 valence electrons. The van der Waals surface area contributed by atoms with Gasteiger partial charge in [0.05, 0.1) is 0 Å². The van der Waals surface area contributed by atoms with E-state index in [-0.39, 0.29) is 5.60 Å². The van der Waals surface area contributed by atoms with Crippen LogP contribution in [0, 0.1) is 97.7 Å². The molecule has 1 aromatic rings. The molecule has 4 aliphatic carbocycles. The third-order valence-electron chi connectivity index (χ3n) is 18.6. The molecule has 0 saturated heterocycles. The first-order valence-electron chi connectivity index (χ1n) is 27.5. The topological polar surface area (TPSA) is 9.23 Å². The molecule has 1 aliphatic heterocycles. The molecule has 11 unspecified atom stereocenters. The first-order chi connectivity index (χ1) is 29.6. The Labute approximate surface area is 394 Å². The minimum atomic E-state index is 0.0105. The first kappa shape index (κ1) is 53.9. The molecule has 0 N–H and O–H groups in total. The van der Waals surface area contributed by atoms with Crippen LogP contribution in [0.3, 0.4) is 0 Å².